The number of benzene rings is 2. The lowest BCUT2D eigenvalue weighted by Crippen LogP contribution is -2.36. The highest BCUT2D eigenvalue weighted by Crippen LogP contribution is 2.32. The molecule has 0 bridgehead atoms. The van der Waals surface area contributed by atoms with Crippen LogP contribution in [0, 0.1) is 5.82 Å². The Morgan fingerprint density at radius 2 is 2.11 bits per heavy atom. The van der Waals surface area contributed by atoms with E-state index in [0.717, 1.165) is 35.4 Å². The van der Waals surface area contributed by atoms with Gasteiger partial charge in [-0.15, -0.1) is 0 Å². The van der Waals surface area contributed by atoms with Gasteiger partial charge in [0.1, 0.15) is 11.6 Å². The zero-order valence-electron chi connectivity index (χ0n) is 15.4. The number of carbonyl (C=O) groups is 1. The number of amides is 1. The zero-order chi connectivity index (χ0) is 19.5. The molecule has 0 radical (unpaired) electrons. The number of carbonyl (C=O) groups excluding carboxylic acids is 1. The van der Waals surface area contributed by atoms with E-state index < -0.39 is 0 Å². The topological polar surface area (TPSA) is 55.6 Å². The van der Waals surface area contributed by atoms with E-state index in [9.17, 15) is 9.18 Å². The van der Waals surface area contributed by atoms with Crippen LogP contribution in [-0.4, -0.2) is 30.3 Å². The first-order valence-corrected chi connectivity index (χ1v) is 9.94. The summed E-state index contributed by atoms with van der Waals surface area (Å²) in [5.74, 6) is 1.29. The molecule has 1 aromatic heterocycles. The molecule has 4 rings (SSSR count). The van der Waals surface area contributed by atoms with Crippen LogP contribution in [0.25, 0.3) is 11.3 Å². The van der Waals surface area contributed by atoms with Gasteiger partial charge in [0.2, 0.25) is 5.91 Å². The molecule has 0 saturated carbocycles. The molecule has 144 valence electrons. The van der Waals surface area contributed by atoms with Crippen LogP contribution in [-0.2, 0) is 11.2 Å². The summed E-state index contributed by atoms with van der Waals surface area (Å²) in [6, 6.07) is 11.8. The Morgan fingerprint density at radius 3 is 2.89 bits per heavy atom. The van der Waals surface area contributed by atoms with Crippen LogP contribution >= 0.6 is 11.8 Å². The predicted octanol–water partition coefficient (Wildman–Crippen LogP) is 4.56. The second-order valence-corrected chi connectivity index (χ2v) is 7.36. The van der Waals surface area contributed by atoms with Gasteiger partial charge in [0, 0.05) is 17.8 Å². The van der Waals surface area contributed by atoms with E-state index in [0.29, 0.717) is 17.5 Å². The Hall–Kier alpha value is -2.80. The van der Waals surface area contributed by atoms with Crippen LogP contribution in [0.4, 0.5) is 10.1 Å². The van der Waals surface area contributed by atoms with Crippen molar-refractivity contribution in [2.45, 2.75) is 18.1 Å². The van der Waals surface area contributed by atoms with Crippen molar-refractivity contribution in [1.82, 2.24) is 4.98 Å². The van der Waals surface area contributed by atoms with Crippen molar-refractivity contribution in [3.8, 4) is 17.1 Å². The molecule has 5 nitrogen and oxygen atoms in total. The van der Waals surface area contributed by atoms with Crippen molar-refractivity contribution >= 4 is 23.4 Å². The van der Waals surface area contributed by atoms with Crippen LogP contribution in [0.5, 0.6) is 5.75 Å². The molecule has 1 aliphatic heterocycles. The minimum Gasteiger partial charge on any atom is -0.497 e. The molecule has 0 spiro atoms. The normalized spacial score (nSPS) is 13.3. The molecule has 1 aliphatic rings. The number of hydrogen-bond acceptors (Lipinski definition) is 5. The Labute approximate surface area is 166 Å². The van der Waals surface area contributed by atoms with Crippen molar-refractivity contribution in [3.05, 3.63) is 60.0 Å². The molecule has 0 fully saturated rings. The van der Waals surface area contributed by atoms with Gasteiger partial charge in [-0.05, 0) is 60.9 Å². The number of aromatic nitrogens is 1. The van der Waals surface area contributed by atoms with Gasteiger partial charge in [-0.2, -0.15) is 0 Å². The number of rotatable bonds is 5. The number of thioether (sulfide) groups is 1. The number of methoxy groups -OCH3 is 1. The molecule has 7 heteroatoms. The van der Waals surface area contributed by atoms with E-state index in [-0.39, 0.29) is 17.5 Å². The fourth-order valence-electron chi connectivity index (χ4n) is 3.23. The van der Waals surface area contributed by atoms with Crippen molar-refractivity contribution in [2.24, 2.45) is 0 Å². The maximum absolute atomic E-state index is 13.0. The SMILES string of the molecule is COc1ccc2c(c1)CCCN2C(=O)CSc1ncc(-c2ccc(F)cc2)o1. The Kier molecular flexibility index (Phi) is 5.34. The predicted molar refractivity (Wildman–Crippen MR) is 106 cm³/mol. The highest BCUT2D eigenvalue weighted by Gasteiger charge is 2.23. The average Bonchev–Trinajstić information content (AvgIpc) is 3.20. The lowest BCUT2D eigenvalue weighted by Gasteiger charge is -2.29. The maximum Gasteiger partial charge on any atom is 0.256 e. The van der Waals surface area contributed by atoms with Gasteiger partial charge in [0.15, 0.2) is 5.76 Å². The number of halogens is 1. The Balaban J connectivity index is 1.42. The molecule has 2 aromatic carbocycles. The first kappa shape index (κ1) is 18.6. The minimum absolute atomic E-state index is 0.0117. The molecule has 28 heavy (non-hydrogen) atoms. The third-order valence-electron chi connectivity index (χ3n) is 4.64. The monoisotopic (exact) mass is 398 g/mol. The molecule has 0 aliphatic carbocycles. The highest BCUT2D eigenvalue weighted by molar-refractivity contribution is 7.99. The molecule has 0 unspecified atom stereocenters. The molecule has 0 saturated heterocycles. The van der Waals surface area contributed by atoms with Crippen LogP contribution in [0.15, 0.2) is 58.3 Å². The summed E-state index contributed by atoms with van der Waals surface area (Å²) in [5.41, 5.74) is 2.81. The maximum atomic E-state index is 13.0. The van der Waals surface area contributed by atoms with E-state index in [1.165, 1.54) is 23.9 Å². The number of fused-ring (bicyclic) bond motifs is 1. The largest absolute Gasteiger partial charge is 0.497 e. The molecule has 0 N–H and O–H groups in total. The van der Waals surface area contributed by atoms with Crippen molar-refractivity contribution < 1.29 is 18.3 Å². The van der Waals surface area contributed by atoms with Gasteiger partial charge < -0.3 is 14.1 Å². The summed E-state index contributed by atoms with van der Waals surface area (Å²) in [7, 11) is 1.64. The minimum atomic E-state index is -0.303. The molecule has 3 aromatic rings. The zero-order valence-corrected chi connectivity index (χ0v) is 16.2. The molecular formula is C21H19FN2O3S. The number of anilines is 1. The van der Waals surface area contributed by atoms with Crippen LogP contribution in [0.2, 0.25) is 0 Å². The lowest BCUT2D eigenvalue weighted by atomic mass is 10.0. The number of nitrogens with zero attached hydrogens (tertiary/aromatic N) is 2. The molecular weight excluding hydrogens is 379 g/mol. The summed E-state index contributed by atoms with van der Waals surface area (Å²) >= 11 is 1.26. The van der Waals surface area contributed by atoms with Gasteiger partial charge in [-0.1, -0.05) is 11.8 Å². The number of hydrogen-bond donors (Lipinski definition) is 0. The number of oxazole rings is 1. The molecule has 2 heterocycles. The summed E-state index contributed by atoms with van der Waals surface area (Å²) in [6.07, 6.45) is 3.44. The average molecular weight is 398 g/mol. The fraction of sp³-hybridized carbons (Fsp3) is 0.238. The fourth-order valence-corrected chi connectivity index (χ4v) is 3.91. The quantitative estimate of drug-likeness (QED) is 0.590. The van der Waals surface area contributed by atoms with Gasteiger partial charge in [-0.25, -0.2) is 9.37 Å². The molecule has 0 atom stereocenters. The lowest BCUT2D eigenvalue weighted by molar-refractivity contribution is -0.116. The third kappa shape index (κ3) is 3.89. The van der Waals surface area contributed by atoms with Gasteiger partial charge in [0.05, 0.1) is 19.1 Å². The van der Waals surface area contributed by atoms with Gasteiger partial charge >= 0.3 is 0 Å². The smallest absolute Gasteiger partial charge is 0.256 e. The van der Waals surface area contributed by atoms with Crippen LogP contribution in [0.3, 0.4) is 0 Å². The van der Waals surface area contributed by atoms with Gasteiger partial charge in [-0.3, -0.25) is 4.79 Å². The Bertz CT molecular complexity index is 988. The van der Waals surface area contributed by atoms with E-state index >= 15 is 0 Å². The van der Waals surface area contributed by atoms with Gasteiger partial charge in [0.25, 0.3) is 5.22 Å². The third-order valence-corrected chi connectivity index (χ3v) is 5.47. The summed E-state index contributed by atoms with van der Waals surface area (Å²) in [5, 5.41) is 0.416. The van der Waals surface area contributed by atoms with Crippen LogP contribution in [0.1, 0.15) is 12.0 Å². The first-order chi connectivity index (χ1) is 13.6. The van der Waals surface area contributed by atoms with Crippen LogP contribution < -0.4 is 9.64 Å². The second-order valence-electron chi connectivity index (χ2n) is 6.43. The van der Waals surface area contributed by atoms with E-state index in [4.69, 9.17) is 9.15 Å². The van der Waals surface area contributed by atoms with E-state index in [1.807, 2.05) is 23.1 Å². The summed E-state index contributed by atoms with van der Waals surface area (Å²) < 4.78 is 24.0. The van der Waals surface area contributed by atoms with Crippen molar-refractivity contribution in [2.75, 3.05) is 24.3 Å². The standard InChI is InChI=1S/C21H19FN2O3S/c1-26-17-8-9-18-15(11-17)3-2-10-24(18)20(25)13-28-21-23-12-19(27-21)14-4-6-16(22)7-5-14/h4-9,11-12H,2-3,10,13H2,1H3. The molecule has 1 amide bonds. The summed E-state index contributed by atoms with van der Waals surface area (Å²) in [6.45, 7) is 0.700. The number of aryl methyl sites for hydroxylation is 1. The first-order valence-electron chi connectivity index (χ1n) is 8.96. The summed E-state index contributed by atoms with van der Waals surface area (Å²) in [4.78, 5) is 18.8. The second kappa shape index (κ2) is 8.06. The highest BCUT2D eigenvalue weighted by atomic mass is 32.2. The van der Waals surface area contributed by atoms with E-state index in [2.05, 4.69) is 4.98 Å². The number of ether oxygens (including phenoxy) is 1. The van der Waals surface area contributed by atoms with Crippen molar-refractivity contribution in [3.63, 3.8) is 0 Å². The van der Waals surface area contributed by atoms with Crippen molar-refractivity contribution in [1.29, 1.82) is 0 Å². The van der Waals surface area contributed by atoms with E-state index in [1.54, 1.807) is 25.4 Å². The Morgan fingerprint density at radius 1 is 1.29 bits per heavy atom.